The zero-order chi connectivity index (χ0) is 15.5. The van der Waals surface area contributed by atoms with Crippen molar-refractivity contribution in [3.05, 3.63) is 29.8 Å². The molecule has 5 heteroatoms. The van der Waals surface area contributed by atoms with Gasteiger partial charge in [-0.25, -0.2) is 4.79 Å². The van der Waals surface area contributed by atoms with E-state index >= 15 is 0 Å². The van der Waals surface area contributed by atoms with E-state index < -0.39 is 5.60 Å². The Balaban J connectivity index is 1.83. The van der Waals surface area contributed by atoms with Crippen molar-refractivity contribution in [1.29, 1.82) is 0 Å². The Hall–Kier alpha value is -1.75. The first-order chi connectivity index (χ1) is 9.85. The lowest BCUT2D eigenvalue weighted by Crippen LogP contribution is -2.49. The molecule has 0 aromatic heterocycles. The van der Waals surface area contributed by atoms with Gasteiger partial charge >= 0.3 is 6.09 Å². The molecular weight excluding hydrogens is 266 g/mol. The van der Waals surface area contributed by atoms with Gasteiger partial charge in [-0.05, 0) is 32.4 Å². The molecule has 1 saturated heterocycles. The van der Waals surface area contributed by atoms with Crippen molar-refractivity contribution in [2.45, 2.75) is 32.9 Å². The maximum atomic E-state index is 12.0. The maximum absolute atomic E-state index is 12.0. The Morgan fingerprint density at radius 3 is 2.38 bits per heavy atom. The third kappa shape index (κ3) is 4.63. The van der Waals surface area contributed by atoms with Gasteiger partial charge in [0.05, 0.1) is 0 Å². The minimum absolute atomic E-state index is 0.221. The molecule has 0 aliphatic carbocycles. The number of nitrogen functional groups attached to an aromatic ring is 1. The van der Waals surface area contributed by atoms with E-state index in [4.69, 9.17) is 10.5 Å². The van der Waals surface area contributed by atoms with E-state index in [-0.39, 0.29) is 6.09 Å². The largest absolute Gasteiger partial charge is 0.444 e. The van der Waals surface area contributed by atoms with Crippen LogP contribution in [0.25, 0.3) is 0 Å². The topological polar surface area (TPSA) is 58.8 Å². The summed E-state index contributed by atoms with van der Waals surface area (Å²) in [5, 5.41) is 0. The standard InChI is InChI=1S/C16H25N3O2/c1-16(2,3)21-15(20)19-10-8-18(9-11-19)12-13-6-4-5-7-14(13)17/h4-7H,8-12,17H2,1-3H3. The molecule has 1 fully saturated rings. The normalized spacial score (nSPS) is 16.8. The van der Waals surface area contributed by atoms with E-state index in [1.807, 2.05) is 39.0 Å². The van der Waals surface area contributed by atoms with Crippen LogP contribution in [0.5, 0.6) is 0 Å². The van der Waals surface area contributed by atoms with Crippen LogP contribution < -0.4 is 5.73 Å². The summed E-state index contributed by atoms with van der Waals surface area (Å²) in [5.74, 6) is 0. The Morgan fingerprint density at radius 1 is 1.19 bits per heavy atom. The van der Waals surface area contributed by atoms with Crippen molar-refractivity contribution in [3.8, 4) is 0 Å². The van der Waals surface area contributed by atoms with Crippen LogP contribution in [0, 0.1) is 0 Å². The number of ether oxygens (including phenoxy) is 1. The van der Waals surface area contributed by atoms with Crippen LogP contribution >= 0.6 is 0 Å². The van der Waals surface area contributed by atoms with Gasteiger partial charge in [-0.3, -0.25) is 4.90 Å². The van der Waals surface area contributed by atoms with Gasteiger partial charge in [-0.15, -0.1) is 0 Å². The van der Waals surface area contributed by atoms with Gasteiger partial charge in [0.2, 0.25) is 0 Å². The summed E-state index contributed by atoms with van der Waals surface area (Å²) in [6.07, 6.45) is -0.221. The first kappa shape index (κ1) is 15.6. The van der Waals surface area contributed by atoms with Gasteiger partial charge in [-0.1, -0.05) is 18.2 Å². The van der Waals surface area contributed by atoms with Crippen molar-refractivity contribution >= 4 is 11.8 Å². The zero-order valence-corrected chi connectivity index (χ0v) is 13.1. The molecule has 5 nitrogen and oxygen atoms in total. The number of nitrogens with zero attached hydrogens (tertiary/aromatic N) is 2. The second-order valence-electron chi connectivity index (χ2n) is 6.44. The van der Waals surface area contributed by atoms with Crippen molar-refractivity contribution in [1.82, 2.24) is 9.80 Å². The van der Waals surface area contributed by atoms with E-state index in [9.17, 15) is 4.79 Å². The summed E-state index contributed by atoms with van der Waals surface area (Å²) < 4.78 is 5.40. The molecule has 21 heavy (non-hydrogen) atoms. The Morgan fingerprint density at radius 2 is 1.81 bits per heavy atom. The second kappa shape index (κ2) is 6.35. The van der Waals surface area contributed by atoms with E-state index in [1.54, 1.807) is 4.90 Å². The number of nitrogens with two attached hydrogens (primary N) is 1. The predicted octanol–water partition coefficient (Wildman–Crippen LogP) is 2.32. The quantitative estimate of drug-likeness (QED) is 0.850. The van der Waals surface area contributed by atoms with Crippen LogP contribution in [-0.2, 0) is 11.3 Å². The Labute approximate surface area is 126 Å². The number of amides is 1. The van der Waals surface area contributed by atoms with E-state index in [0.717, 1.165) is 30.9 Å². The molecule has 1 heterocycles. The minimum atomic E-state index is -0.438. The SMILES string of the molecule is CC(C)(C)OC(=O)N1CCN(Cc2ccccc2N)CC1. The molecular formula is C16H25N3O2. The van der Waals surface area contributed by atoms with Gasteiger partial charge in [0.25, 0.3) is 0 Å². The molecule has 1 aromatic rings. The monoisotopic (exact) mass is 291 g/mol. The number of carbonyl (C=O) groups is 1. The van der Waals surface area contributed by atoms with Gasteiger partial charge in [-0.2, -0.15) is 0 Å². The highest BCUT2D eigenvalue weighted by molar-refractivity contribution is 5.68. The molecule has 2 rings (SSSR count). The molecule has 0 unspecified atom stereocenters. The van der Waals surface area contributed by atoms with E-state index in [0.29, 0.717) is 13.1 Å². The number of carbonyl (C=O) groups excluding carboxylic acids is 1. The summed E-state index contributed by atoms with van der Waals surface area (Å²) in [7, 11) is 0. The molecule has 2 N–H and O–H groups in total. The lowest BCUT2D eigenvalue weighted by atomic mass is 10.1. The first-order valence-corrected chi connectivity index (χ1v) is 7.39. The highest BCUT2D eigenvalue weighted by Gasteiger charge is 2.25. The molecule has 1 aliphatic heterocycles. The molecule has 1 aromatic carbocycles. The van der Waals surface area contributed by atoms with Gasteiger partial charge in [0.1, 0.15) is 5.60 Å². The summed E-state index contributed by atoms with van der Waals surface area (Å²) >= 11 is 0. The minimum Gasteiger partial charge on any atom is -0.444 e. The average Bonchev–Trinajstić information content (AvgIpc) is 2.40. The molecule has 0 bridgehead atoms. The number of benzene rings is 1. The van der Waals surface area contributed by atoms with Gasteiger partial charge in [0.15, 0.2) is 0 Å². The third-order valence-corrected chi connectivity index (χ3v) is 3.47. The zero-order valence-electron chi connectivity index (χ0n) is 13.1. The Kier molecular flexibility index (Phi) is 4.73. The fraction of sp³-hybridized carbons (Fsp3) is 0.562. The molecule has 1 aliphatic rings. The summed E-state index contributed by atoms with van der Waals surface area (Å²) in [5.41, 5.74) is 7.50. The van der Waals surface area contributed by atoms with E-state index in [1.165, 1.54) is 0 Å². The number of hydrogen-bond acceptors (Lipinski definition) is 4. The van der Waals surface area contributed by atoms with Crippen molar-refractivity contribution in [2.75, 3.05) is 31.9 Å². The third-order valence-electron chi connectivity index (χ3n) is 3.47. The van der Waals surface area contributed by atoms with Crippen LogP contribution in [0.2, 0.25) is 0 Å². The molecule has 1 amide bonds. The summed E-state index contributed by atoms with van der Waals surface area (Å²) in [6, 6.07) is 7.92. The molecule has 0 radical (unpaired) electrons. The number of para-hydroxylation sites is 1. The lowest BCUT2D eigenvalue weighted by molar-refractivity contribution is 0.0139. The van der Waals surface area contributed by atoms with Crippen LogP contribution in [-0.4, -0.2) is 47.7 Å². The van der Waals surface area contributed by atoms with Crippen LogP contribution in [0.15, 0.2) is 24.3 Å². The highest BCUT2D eigenvalue weighted by atomic mass is 16.6. The lowest BCUT2D eigenvalue weighted by Gasteiger charge is -2.35. The van der Waals surface area contributed by atoms with E-state index in [2.05, 4.69) is 11.0 Å². The number of anilines is 1. The fourth-order valence-corrected chi connectivity index (χ4v) is 2.33. The first-order valence-electron chi connectivity index (χ1n) is 7.39. The summed E-state index contributed by atoms with van der Waals surface area (Å²) in [4.78, 5) is 16.1. The number of hydrogen-bond donors (Lipinski definition) is 1. The Bertz CT molecular complexity index is 489. The smallest absolute Gasteiger partial charge is 0.410 e. The second-order valence-corrected chi connectivity index (χ2v) is 6.44. The van der Waals surface area contributed by atoms with Crippen molar-refractivity contribution in [2.24, 2.45) is 0 Å². The molecule has 116 valence electrons. The van der Waals surface area contributed by atoms with Crippen LogP contribution in [0.1, 0.15) is 26.3 Å². The molecule has 0 atom stereocenters. The number of rotatable bonds is 2. The fourth-order valence-electron chi connectivity index (χ4n) is 2.33. The molecule has 0 saturated carbocycles. The van der Waals surface area contributed by atoms with Gasteiger partial charge < -0.3 is 15.4 Å². The van der Waals surface area contributed by atoms with Crippen LogP contribution in [0.4, 0.5) is 10.5 Å². The number of piperazine rings is 1. The van der Waals surface area contributed by atoms with Crippen LogP contribution in [0.3, 0.4) is 0 Å². The maximum Gasteiger partial charge on any atom is 0.410 e. The predicted molar refractivity (Wildman–Crippen MR) is 83.9 cm³/mol. The highest BCUT2D eigenvalue weighted by Crippen LogP contribution is 2.16. The van der Waals surface area contributed by atoms with Crippen molar-refractivity contribution < 1.29 is 9.53 Å². The van der Waals surface area contributed by atoms with Crippen molar-refractivity contribution in [3.63, 3.8) is 0 Å². The average molecular weight is 291 g/mol. The molecule has 0 spiro atoms. The van der Waals surface area contributed by atoms with Gasteiger partial charge in [0, 0.05) is 38.4 Å². The summed E-state index contributed by atoms with van der Waals surface area (Å²) in [6.45, 7) is 9.57.